The maximum Gasteiger partial charge on any atom is 0.248 e. The third-order valence-corrected chi connectivity index (χ3v) is 5.86. The van der Waals surface area contributed by atoms with Gasteiger partial charge in [-0.05, 0) is 78.9 Å². The molecule has 0 unspecified atom stereocenters. The lowest BCUT2D eigenvalue weighted by atomic mass is 10.0. The van der Waals surface area contributed by atoms with E-state index in [9.17, 15) is 9.59 Å². The van der Waals surface area contributed by atoms with E-state index >= 15 is 0 Å². The van der Waals surface area contributed by atoms with Crippen LogP contribution in [0.5, 0.6) is 0 Å². The quantitative estimate of drug-likeness (QED) is 0.259. The first-order valence-electron chi connectivity index (χ1n) is 12.2. The maximum absolute atomic E-state index is 12.2. The SMILES string of the molecule is Cc1ccc(/C=C/C(=O)Nc2ccc(Cc3ccc(NC(=O)/C=C/c4ccc(C)cc4)cc3)cc2)cc1. The first kappa shape index (κ1) is 25.4. The molecule has 37 heavy (non-hydrogen) atoms. The monoisotopic (exact) mass is 486 g/mol. The molecule has 0 aliphatic heterocycles. The smallest absolute Gasteiger partial charge is 0.248 e. The van der Waals surface area contributed by atoms with E-state index in [1.54, 1.807) is 12.2 Å². The van der Waals surface area contributed by atoms with Gasteiger partial charge in [0.2, 0.25) is 11.8 Å². The second kappa shape index (κ2) is 12.3. The molecule has 4 aromatic carbocycles. The Hall–Kier alpha value is -4.70. The van der Waals surface area contributed by atoms with Crippen molar-refractivity contribution in [1.29, 1.82) is 0 Å². The third kappa shape index (κ3) is 8.18. The molecule has 4 nitrogen and oxygen atoms in total. The number of nitrogens with one attached hydrogen (secondary N) is 2. The first-order valence-corrected chi connectivity index (χ1v) is 12.2. The fraction of sp³-hybridized carbons (Fsp3) is 0.0909. The summed E-state index contributed by atoms with van der Waals surface area (Å²) in [5, 5.41) is 5.78. The van der Waals surface area contributed by atoms with Crippen molar-refractivity contribution >= 4 is 35.3 Å². The zero-order valence-corrected chi connectivity index (χ0v) is 21.1. The Labute approximate surface area is 218 Å². The third-order valence-electron chi connectivity index (χ3n) is 5.86. The standard InChI is InChI=1S/C33H30N2O2/c1-24-3-7-26(8-4-24)15-21-32(36)34-30-17-11-28(12-18-30)23-29-13-19-31(20-14-29)35-33(37)22-16-27-9-5-25(2)6-10-27/h3-22H,23H2,1-2H3,(H,34,36)(H,35,37)/b21-15+,22-16+. The summed E-state index contributed by atoms with van der Waals surface area (Å²) in [7, 11) is 0. The van der Waals surface area contributed by atoms with Crippen LogP contribution in [0.15, 0.2) is 109 Å². The molecular weight excluding hydrogens is 456 g/mol. The number of benzene rings is 4. The number of amides is 2. The molecule has 4 heteroatoms. The van der Waals surface area contributed by atoms with Crippen LogP contribution >= 0.6 is 0 Å². The molecule has 0 spiro atoms. The lowest BCUT2D eigenvalue weighted by molar-refractivity contribution is -0.112. The van der Waals surface area contributed by atoms with Crippen molar-refractivity contribution in [3.8, 4) is 0 Å². The van der Waals surface area contributed by atoms with E-state index in [-0.39, 0.29) is 11.8 Å². The second-order valence-corrected chi connectivity index (χ2v) is 9.04. The Kier molecular flexibility index (Phi) is 8.45. The molecule has 0 aromatic heterocycles. The van der Waals surface area contributed by atoms with Gasteiger partial charge in [-0.2, -0.15) is 0 Å². The van der Waals surface area contributed by atoms with E-state index in [2.05, 4.69) is 10.6 Å². The molecule has 0 radical (unpaired) electrons. The van der Waals surface area contributed by atoms with Crippen LogP contribution in [0.4, 0.5) is 11.4 Å². The molecule has 0 aliphatic carbocycles. The van der Waals surface area contributed by atoms with Crippen LogP contribution in [0.3, 0.4) is 0 Å². The van der Waals surface area contributed by atoms with Crippen LogP contribution in [-0.2, 0) is 16.0 Å². The molecule has 0 bridgehead atoms. The lowest BCUT2D eigenvalue weighted by Crippen LogP contribution is -2.08. The van der Waals surface area contributed by atoms with Crippen LogP contribution < -0.4 is 10.6 Å². The molecular formula is C33H30N2O2. The van der Waals surface area contributed by atoms with Gasteiger partial charge in [0.25, 0.3) is 0 Å². The first-order chi connectivity index (χ1) is 17.9. The van der Waals surface area contributed by atoms with E-state index in [0.717, 1.165) is 40.0 Å². The second-order valence-electron chi connectivity index (χ2n) is 9.04. The van der Waals surface area contributed by atoms with E-state index in [4.69, 9.17) is 0 Å². The minimum Gasteiger partial charge on any atom is -0.323 e. The summed E-state index contributed by atoms with van der Waals surface area (Å²) in [5.74, 6) is -0.334. The van der Waals surface area contributed by atoms with Gasteiger partial charge in [-0.15, -0.1) is 0 Å². The van der Waals surface area contributed by atoms with E-state index in [1.165, 1.54) is 23.3 Å². The van der Waals surface area contributed by atoms with Gasteiger partial charge in [-0.1, -0.05) is 83.9 Å². The normalized spacial score (nSPS) is 11.1. The summed E-state index contributed by atoms with van der Waals surface area (Å²) >= 11 is 0. The fourth-order valence-electron chi connectivity index (χ4n) is 3.71. The van der Waals surface area contributed by atoms with E-state index in [0.29, 0.717) is 0 Å². The topological polar surface area (TPSA) is 58.2 Å². The minimum absolute atomic E-state index is 0.167. The number of carbonyl (C=O) groups is 2. The van der Waals surface area contributed by atoms with Crippen LogP contribution in [0, 0.1) is 13.8 Å². The molecule has 4 rings (SSSR count). The maximum atomic E-state index is 12.2. The number of hydrogen-bond donors (Lipinski definition) is 2. The number of rotatable bonds is 8. The Bertz CT molecular complexity index is 1290. The lowest BCUT2D eigenvalue weighted by Gasteiger charge is -2.07. The molecule has 4 aromatic rings. The Balaban J connectivity index is 1.26. The largest absolute Gasteiger partial charge is 0.323 e. The van der Waals surface area contributed by atoms with Crippen molar-refractivity contribution in [2.45, 2.75) is 20.3 Å². The number of carbonyl (C=O) groups excluding carboxylic acids is 2. The molecule has 0 heterocycles. The van der Waals surface area contributed by atoms with Crippen molar-refractivity contribution in [2.24, 2.45) is 0 Å². The number of anilines is 2. The highest BCUT2D eigenvalue weighted by atomic mass is 16.2. The van der Waals surface area contributed by atoms with Crippen molar-refractivity contribution in [3.63, 3.8) is 0 Å². The zero-order chi connectivity index (χ0) is 26.0. The van der Waals surface area contributed by atoms with Gasteiger partial charge in [0.1, 0.15) is 0 Å². The summed E-state index contributed by atoms with van der Waals surface area (Å²) < 4.78 is 0. The van der Waals surface area contributed by atoms with Gasteiger partial charge in [0, 0.05) is 23.5 Å². The van der Waals surface area contributed by atoms with Gasteiger partial charge in [0.15, 0.2) is 0 Å². The predicted molar refractivity (Wildman–Crippen MR) is 153 cm³/mol. The van der Waals surface area contributed by atoms with Gasteiger partial charge in [-0.3, -0.25) is 9.59 Å². The highest BCUT2D eigenvalue weighted by Gasteiger charge is 2.02. The Morgan fingerprint density at radius 3 is 1.24 bits per heavy atom. The predicted octanol–water partition coefficient (Wildman–Crippen LogP) is 7.20. The number of aryl methyl sites for hydroxylation is 2. The highest BCUT2D eigenvalue weighted by Crippen LogP contribution is 2.16. The molecule has 2 N–H and O–H groups in total. The van der Waals surface area contributed by atoms with Crippen LogP contribution in [0.2, 0.25) is 0 Å². The minimum atomic E-state index is -0.167. The summed E-state index contributed by atoms with van der Waals surface area (Å²) in [6, 6.07) is 31.7. The molecule has 2 amide bonds. The molecule has 0 aliphatic rings. The average Bonchev–Trinajstić information content (AvgIpc) is 2.90. The van der Waals surface area contributed by atoms with Gasteiger partial charge in [-0.25, -0.2) is 0 Å². The zero-order valence-electron chi connectivity index (χ0n) is 21.1. The molecule has 0 fully saturated rings. The summed E-state index contributed by atoms with van der Waals surface area (Å²) in [6.45, 7) is 4.07. The fourth-order valence-corrected chi connectivity index (χ4v) is 3.71. The van der Waals surface area contributed by atoms with Crippen LogP contribution in [-0.4, -0.2) is 11.8 Å². The molecule has 0 atom stereocenters. The molecule has 0 saturated heterocycles. The van der Waals surface area contributed by atoms with Crippen molar-refractivity contribution in [3.05, 3.63) is 143 Å². The number of hydrogen-bond acceptors (Lipinski definition) is 2. The van der Waals surface area contributed by atoms with Crippen LogP contribution in [0.25, 0.3) is 12.2 Å². The van der Waals surface area contributed by atoms with E-state index < -0.39 is 0 Å². The molecule has 184 valence electrons. The van der Waals surface area contributed by atoms with E-state index in [1.807, 2.05) is 111 Å². The highest BCUT2D eigenvalue weighted by molar-refractivity contribution is 6.02. The van der Waals surface area contributed by atoms with Gasteiger partial charge >= 0.3 is 0 Å². The Morgan fingerprint density at radius 2 is 0.892 bits per heavy atom. The Morgan fingerprint density at radius 1 is 0.541 bits per heavy atom. The van der Waals surface area contributed by atoms with Crippen molar-refractivity contribution in [2.75, 3.05) is 10.6 Å². The average molecular weight is 487 g/mol. The van der Waals surface area contributed by atoms with Crippen LogP contribution in [0.1, 0.15) is 33.4 Å². The summed E-state index contributed by atoms with van der Waals surface area (Å²) in [5.41, 5.74) is 8.11. The van der Waals surface area contributed by atoms with Crippen molar-refractivity contribution < 1.29 is 9.59 Å². The summed E-state index contributed by atoms with van der Waals surface area (Å²) in [4.78, 5) is 24.5. The van der Waals surface area contributed by atoms with Crippen molar-refractivity contribution in [1.82, 2.24) is 0 Å². The molecule has 0 saturated carbocycles. The summed E-state index contributed by atoms with van der Waals surface area (Å²) in [6.07, 6.45) is 7.43. The van der Waals surface area contributed by atoms with Gasteiger partial charge < -0.3 is 10.6 Å². The van der Waals surface area contributed by atoms with Gasteiger partial charge in [0.05, 0.1) is 0 Å².